The molecular weight excluding hydrogens is 410 g/mol. The molecule has 0 aliphatic rings. The fraction of sp³-hybridized carbons (Fsp3) is 0.300. The molecule has 0 radical (unpaired) electrons. The second-order valence-corrected chi connectivity index (χ2v) is 8.05. The van der Waals surface area contributed by atoms with Gasteiger partial charge in [-0.15, -0.1) is 0 Å². The third kappa shape index (κ3) is 6.38. The number of nitrogens with one attached hydrogen (secondary N) is 3. The van der Waals surface area contributed by atoms with Crippen molar-refractivity contribution in [1.82, 2.24) is 10.9 Å². The Hall–Kier alpha value is -3.27. The van der Waals surface area contributed by atoms with E-state index in [1.54, 1.807) is 13.0 Å². The number of amides is 2. The highest BCUT2D eigenvalue weighted by Gasteiger charge is 2.14. The van der Waals surface area contributed by atoms with Gasteiger partial charge < -0.3 is 9.47 Å². The molecule has 0 fully saturated rings. The van der Waals surface area contributed by atoms with E-state index in [0.717, 1.165) is 0 Å². The molecule has 0 aliphatic carbocycles. The lowest BCUT2D eigenvalue weighted by Gasteiger charge is -2.12. The van der Waals surface area contributed by atoms with Crippen molar-refractivity contribution in [3.63, 3.8) is 0 Å². The molecule has 0 atom stereocenters. The van der Waals surface area contributed by atoms with Crippen LogP contribution in [0.2, 0.25) is 0 Å². The summed E-state index contributed by atoms with van der Waals surface area (Å²) in [5, 5.41) is 0. The Bertz CT molecular complexity index is 1010. The zero-order valence-electron chi connectivity index (χ0n) is 17.0. The number of hydrazine groups is 1. The van der Waals surface area contributed by atoms with Crippen molar-refractivity contribution >= 4 is 27.5 Å². The third-order valence-electron chi connectivity index (χ3n) is 3.89. The van der Waals surface area contributed by atoms with Crippen molar-refractivity contribution in [3.05, 3.63) is 53.6 Å². The number of ether oxygens (including phenoxy) is 2. The van der Waals surface area contributed by atoms with Gasteiger partial charge in [0.25, 0.3) is 11.8 Å². The lowest BCUT2D eigenvalue weighted by molar-refractivity contribution is 0.0846. The van der Waals surface area contributed by atoms with Gasteiger partial charge in [-0.2, -0.15) is 0 Å². The van der Waals surface area contributed by atoms with Gasteiger partial charge in [0.1, 0.15) is 0 Å². The summed E-state index contributed by atoms with van der Waals surface area (Å²) < 4.78 is 36.8. The minimum Gasteiger partial charge on any atom is -0.493 e. The molecule has 0 spiro atoms. The molecule has 162 valence electrons. The fourth-order valence-corrected chi connectivity index (χ4v) is 3.69. The van der Waals surface area contributed by atoms with E-state index in [9.17, 15) is 18.0 Å². The highest BCUT2D eigenvalue weighted by atomic mass is 32.2. The highest BCUT2D eigenvalue weighted by molar-refractivity contribution is 7.92. The second-order valence-electron chi connectivity index (χ2n) is 6.21. The first-order chi connectivity index (χ1) is 14.3. The van der Waals surface area contributed by atoms with Crippen LogP contribution in [0.25, 0.3) is 0 Å². The molecule has 0 saturated heterocycles. The maximum absolute atomic E-state index is 12.3. The summed E-state index contributed by atoms with van der Waals surface area (Å²) in [6.07, 6.45) is 0.470. The number of carbonyl (C=O) groups excluding carboxylic acids is 2. The van der Waals surface area contributed by atoms with Crippen molar-refractivity contribution in [2.75, 3.05) is 24.2 Å². The molecule has 0 heterocycles. The molecule has 2 aromatic carbocycles. The largest absolute Gasteiger partial charge is 0.493 e. The number of sulfonamides is 1. The van der Waals surface area contributed by atoms with Crippen LogP contribution in [0.4, 0.5) is 5.69 Å². The molecule has 2 aromatic rings. The number of hydrogen-bond acceptors (Lipinski definition) is 6. The molecule has 3 N–H and O–H groups in total. The van der Waals surface area contributed by atoms with E-state index in [0.29, 0.717) is 24.5 Å². The predicted molar refractivity (Wildman–Crippen MR) is 113 cm³/mol. The lowest BCUT2D eigenvalue weighted by Crippen LogP contribution is -2.41. The lowest BCUT2D eigenvalue weighted by atomic mass is 10.2. The van der Waals surface area contributed by atoms with Crippen LogP contribution in [-0.4, -0.2) is 39.7 Å². The van der Waals surface area contributed by atoms with E-state index in [2.05, 4.69) is 15.6 Å². The van der Waals surface area contributed by atoms with Gasteiger partial charge in [-0.3, -0.25) is 25.2 Å². The zero-order valence-corrected chi connectivity index (χ0v) is 17.8. The Kier molecular flexibility index (Phi) is 8.05. The molecule has 10 heteroatoms. The summed E-state index contributed by atoms with van der Waals surface area (Å²) in [5.74, 6) is -0.279. The van der Waals surface area contributed by atoms with E-state index < -0.39 is 21.8 Å². The number of anilines is 1. The van der Waals surface area contributed by atoms with E-state index >= 15 is 0 Å². The summed E-state index contributed by atoms with van der Waals surface area (Å²) >= 11 is 0. The average Bonchev–Trinajstić information content (AvgIpc) is 2.72. The number of benzene rings is 2. The van der Waals surface area contributed by atoms with Crippen LogP contribution in [-0.2, 0) is 10.0 Å². The van der Waals surface area contributed by atoms with E-state index in [-0.39, 0.29) is 22.6 Å². The smallest absolute Gasteiger partial charge is 0.269 e. The normalized spacial score (nSPS) is 10.8. The first kappa shape index (κ1) is 23.0. The number of carbonyl (C=O) groups is 2. The van der Waals surface area contributed by atoms with Crippen molar-refractivity contribution in [2.24, 2.45) is 0 Å². The van der Waals surface area contributed by atoms with Crippen LogP contribution in [0.15, 0.2) is 42.5 Å². The predicted octanol–water partition coefficient (Wildman–Crippen LogP) is 2.32. The molecular formula is C20H25N3O6S. The third-order valence-corrected chi connectivity index (χ3v) is 5.38. The Labute approximate surface area is 175 Å². The summed E-state index contributed by atoms with van der Waals surface area (Å²) in [6, 6.07) is 10.6. The summed E-state index contributed by atoms with van der Waals surface area (Å²) in [4.78, 5) is 24.7. The Morgan fingerprint density at radius 1 is 0.933 bits per heavy atom. The Balaban J connectivity index is 2.03. The fourth-order valence-electron chi connectivity index (χ4n) is 2.56. The van der Waals surface area contributed by atoms with Crippen molar-refractivity contribution < 1.29 is 27.5 Å². The molecule has 9 nitrogen and oxygen atoms in total. The van der Waals surface area contributed by atoms with Crippen molar-refractivity contribution in [3.8, 4) is 11.5 Å². The molecule has 0 aliphatic heterocycles. The molecule has 0 bridgehead atoms. The topological polar surface area (TPSA) is 123 Å². The van der Waals surface area contributed by atoms with Crippen molar-refractivity contribution in [2.45, 2.75) is 20.3 Å². The van der Waals surface area contributed by atoms with Crippen molar-refractivity contribution in [1.29, 1.82) is 0 Å². The monoisotopic (exact) mass is 435 g/mol. The number of rotatable bonds is 9. The average molecular weight is 436 g/mol. The first-order valence-electron chi connectivity index (χ1n) is 9.31. The molecule has 0 unspecified atom stereocenters. The number of hydrogen-bond donors (Lipinski definition) is 3. The van der Waals surface area contributed by atoms with E-state index in [1.807, 2.05) is 6.92 Å². The second kappa shape index (κ2) is 10.5. The summed E-state index contributed by atoms with van der Waals surface area (Å²) in [6.45, 7) is 4.04. The highest BCUT2D eigenvalue weighted by Crippen LogP contribution is 2.27. The van der Waals surface area contributed by atoms with Crippen LogP contribution >= 0.6 is 0 Å². The molecule has 0 aromatic heterocycles. The SMILES string of the molecule is CCCS(=O)(=O)Nc1cccc(C(=O)NNC(=O)c2ccc(OCC)c(OC)c2)c1. The van der Waals surface area contributed by atoms with E-state index in [4.69, 9.17) is 9.47 Å². The summed E-state index contributed by atoms with van der Waals surface area (Å²) in [5.41, 5.74) is 5.32. The molecule has 2 rings (SSSR count). The maximum atomic E-state index is 12.3. The van der Waals surface area contributed by atoms with E-state index in [1.165, 1.54) is 43.5 Å². The van der Waals surface area contributed by atoms with Crippen LogP contribution in [0.1, 0.15) is 41.0 Å². The minimum absolute atomic E-state index is 0.0228. The van der Waals surface area contributed by atoms with Gasteiger partial charge in [-0.1, -0.05) is 13.0 Å². The van der Waals surface area contributed by atoms with Gasteiger partial charge in [0.15, 0.2) is 11.5 Å². The van der Waals surface area contributed by atoms with Gasteiger partial charge >= 0.3 is 0 Å². The standard InChI is InChI=1S/C20H25N3O6S/c1-4-11-30(26,27)23-16-8-6-7-14(12-16)19(24)21-22-20(25)15-9-10-17(29-5-2)18(13-15)28-3/h6-10,12-13,23H,4-5,11H2,1-3H3,(H,21,24)(H,22,25). The minimum atomic E-state index is -3.48. The molecule has 0 saturated carbocycles. The van der Waals surface area contributed by atoms with Crippen LogP contribution in [0.5, 0.6) is 11.5 Å². The van der Waals surface area contributed by atoms with Crippen LogP contribution in [0, 0.1) is 0 Å². The molecule has 2 amide bonds. The zero-order chi connectivity index (χ0) is 22.1. The van der Waals surface area contributed by atoms with Crippen LogP contribution in [0.3, 0.4) is 0 Å². The van der Waals surface area contributed by atoms with Gasteiger partial charge in [-0.25, -0.2) is 8.42 Å². The van der Waals surface area contributed by atoms with Gasteiger partial charge in [0.05, 0.1) is 19.5 Å². The Morgan fingerprint density at radius 3 is 2.20 bits per heavy atom. The van der Waals surface area contributed by atoms with Gasteiger partial charge in [0, 0.05) is 16.8 Å². The number of methoxy groups -OCH3 is 1. The molecule has 30 heavy (non-hydrogen) atoms. The quantitative estimate of drug-likeness (QED) is 0.520. The maximum Gasteiger partial charge on any atom is 0.269 e. The first-order valence-corrected chi connectivity index (χ1v) is 11.0. The van der Waals surface area contributed by atoms with Gasteiger partial charge in [0.2, 0.25) is 10.0 Å². The van der Waals surface area contributed by atoms with Gasteiger partial charge in [-0.05, 0) is 49.7 Å². The Morgan fingerprint density at radius 2 is 1.60 bits per heavy atom. The van der Waals surface area contributed by atoms with Crippen LogP contribution < -0.4 is 25.0 Å². The summed E-state index contributed by atoms with van der Waals surface area (Å²) in [7, 11) is -2.02.